The van der Waals surface area contributed by atoms with Crippen molar-refractivity contribution in [3.8, 4) is 0 Å². The molecule has 0 bridgehead atoms. The van der Waals surface area contributed by atoms with Crippen LogP contribution in [0.3, 0.4) is 0 Å². The molecule has 0 amide bonds. The van der Waals surface area contributed by atoms with Gasteiger partial charge in [0.2, 0.25) is 10.0 Å². The molecule has 8 heteroatoms. The normalized spacial score (nSPS) is 11.6. The molecule has 1 N–H and O–H groups in total. The van der Waals surface area contributed by atoms with Crippen LogP contribution in [0.2, 0.25) is 0 Å². The molecule has 24 heavy (non-hydrogen) atoms. The van der Waals surface area contributed by atoms with Crippen LogP contribution in [-0.2, 0) is 14.8 Å². The molecular weight excluding hydrogens is 328 g/mol. The zero-order valence-electron chi connectivity index (χ0n) is 13.4. The lowest BCUT2D eigenvalue weighted by molar-refractivity contribution is -0.106. The van der Waals surface area contributed by atoms with Crippen molar-refractivity contribution in [2.24, 2.45) is 10.2 Å². The Balaban J connectivity index is 2.09. The number of rotatable bonds is 7. The van der Waals surface area contributed by atoms with Crippen LogP contribution in [0.4, 0.5) is 17.1 Å². The molecule has 0 aliphatic rings. The summed E-state index contributed by atoms with van der Waals surface area (Å²) < 4.78 is 25.8. The number of nitrogens with one attached hydrogen (secondary N) is 1. The van der Waals surface area contributed by atoms with E-state index in [0.29, 0.717) is 17.7 Å². The van der Waals surface area contributed by atoms with E-state index in [-0.39, 0.29) is 11.4 Å². The highest BCUT2D eigenvalue weighted by atomic mass is 32.2. The summed E-state index contributed by atoms with van der Waals surface area (Å²) in [6.45, 7) is -0.257. The van der Waals surface area contributed by atoms with Crippen molar-refractivity contribution in [3.63, 3.8) is 0 Å². The van der Waals surface area contributed by atoms with E-state index in [9.17, 15) is 13.2 Å². The lowest BCUT2D eigenvalue weighted by Crippen LogP contribution is -2.25. The molecule has 0 heterocycles. The van der Waals surface area contributed by atoms with E-state index in [1.165, 1.54) is 12.1 Å². The van der Waals surface area contributed by atoms with E-state index >= 15 is 0 Å². The maximum Gasteiger partial charge on any atom is 0.240 e. The molecule has 0 unspecified atom stereocenters. The first-order chi connectivity index (χ1) is 11.4. The van der Waals surface area contributed by atoms with Crippen molar-refractivity contribution in [2.45, 2.75) is 4.90 Å². The largest absolute Gasteiger partial charge is 0.378 e. The predicted molar refractivity (Wildman–Crippen MR) is 92.6 cm³/mol. The Labute approximate surface area is 141 Å². The van der Waals surface area contributed by atoms with Crippen LogP contribution in [0, 0.1) is 0 Å². The minimum Gasteiger partial charge on any atom is -0.378 e. The Hall–Kier alpha value is -2.58. The number of aldehydes is 1. The summed E-state index contributed by atoms with van der Waals surface area (Å²) in [5.74, 6) is 0. The van der Waals surface area contributed by atoms with Gasteiger partial charge in [-0.15, -0.1) is 0 Å². The molecule has 0 aromatic heterocycles. The SMILES string of the molecule is CN(C)c1ccc(N=Nc2ccc(S(=O)(=O)NCC=O)cc2)cc1. The van der Waals surface area contributed by atoms with Crippen LogP contribution < -0.4 is 9.62 Å². The fourth-order valence-corrected chi connectivity index (χ4v) is 2.80. The van der Waals surface area contributed by atoms with E-state index in [4.69, 9.17) is 0 Å². The van der Waals surface area contributed by atoms with E-state index in [1.54, 1.807) is 12.1 Å². The monoisotopic (exact) mass is 346 g/mol. The summed E-state index contributed by atoms with van der Waals surface area (Å²) >= 11 is 0. The van der Waals surface area contributed by atoms with Crippen LogP contribution >= 0.6 is 0 Å². The lowest BCUT2D eigenvalue weighted by atomic mass is 10.3. The van der Waals surface area contributed by atoms with Gasteiger partial charge in [0.15, 0.2) is 0 Å². The molecule has 0 atom stereocenters. The third-order valence-corrected chi connectivity index (χ3v) is 4.59. The van der Waals surface area contributed by atoms with Gasteiger partial charge < -0.3 is 9.69 Å². The second-order valence-corrected chi connectivity index (χ2v) is 6.89. The Morgan fingerprint density at radius 2 is 1.46 bits per heavy atom. The molecule has 0 fully saturated rings. The first-order valence-electron chi connectivity index (χ1n) is 7.15. The van der Waals surface area contributed by atoms with E-state index in [0.717, 1.165) is 5.69 Å². The van der Waals surface area contributed by atoms with Crippen LogP contribution in [0.15, 0.2) is 63.7 Å². The highest BCUT2D eigenvalue weighted by Gasteiger charge is 2.12. The molecule has 126 valence electrons. The van der Waals surface area contributed by atoms with Gasteiger partial charge in [-0.2, -0.15) is 10.2 Å². The van der Waals surface area contributed by atoms with Crippen molar-refractivity contribution in [2.75, 3.05) is 25.5 Å². The molecular formula is C16H18N4O3S. The minimum atomic E-state index is -3.68. The van der Waals surface area contributed by atoms with Gasteiger partial charge in [-0.3, -0.25) is 0 Å². The third kappa shape index (κ3) is 4.71. The van der Waals surface area contributed by atoms with Gasteiger partial charge in [0, 0.05) is 19.8 Å². The molecule has 2 rings (SSSR count). The number of nitrogens with zero attached hydrogens (tertiary/aromatic N) is 3. The number of carbonyl (C=O) groups is 1. The second kappa shape index (κ2) is 7.80. The van der Waals surface area contributed by atoms with Crippen LogP contribution in [0.1, 0.15) is 0 Å². The Morgan fingerprint density at radius 1 is 0.958 bits per heavy atom. The van der Waals surface area contributed by atoms with Gasteiger partial charge in [0.1, 0.15) is 6.29 Å². The smallest absolute Gasteiger partial charge is 0.240 e. The van der Waals surface area contributed by atoms with Gasteiger partial charge in [0.05, 0.1) is 22.8 Å². The van der Waals surface area contributed by atoms with E-state index in [1.807, 2.05) is 43.3 Å². The Kier molecular flexibility index (Phi) is 5.78. The molecule has 0 spiro atoms. The van der Waals surface area contributed by atoms with Crippen molar-refractivity contribution < 1.29 is 13.2 Å². The number of azo groups is 1. The predicted octanol–water partition coefficient (Wildman–Crippen LogP) is 2.65. The first-order valence-corrected chi connectivity index (χ1v) is 8.63. The fraction of sp³-hybridized carbons (Fsp3) is 0.188. The number of carbonyl (C=O) groups excluding carboxylic acids is 1. The van der Waals surface area contributed by atoms with Crippen molar-refractivity contribution in [3.05, 3.63) is 48.5 Å². The van der Waals surface area contributed by atoms with Crippen molar-refractivity contribution in [1.29, 1.82) is 0 Å². The van der Waals surface area contributed by atoms with Gasteiger partial charge in [-0.1, -0.05) is 0 Å². The Morgan fingerprint density at radius 3 is 1.92 bits per heavy atom. The number of hydrogen-bond acceptors (Lipinski definition) is 6. The van der Waals surface area contributed by atoms with Crippen LogP contribution in [0.25, 0.3) is 0 Å². The van der Waals surface area contributed by atoms with Crippen molar-refractivity contribution in [1.82, 2.24) is 4.72 Å². The molecule has 0 radical (unpaired) electrons. The molecule has 0 saturated carbocycles. The summed E-state index contributed by atoms with van der Waals surface area (Å²) in [6, 6.07) is 13.5. The number of benzene rings is 2. The number of hydrogen-bond donors (Lipinski definition) is 1. The van der Waals surface area contributed by atoms with Crippen molar-refractivity contribution >= 4 is 33.4 Å². The quantitative estimate of drug-likeness (QED) is 0.616. The molecule has 0 saturated heterocycles. The topological polar surface area (TPSA) is 91.2 Å². The zero-order valence-corrected chi connectivity index (χ0v) is 14.2. The average Bonchev–Trinajstić information content (AvgIpc) is 2.59. The molecule has 0 aliphatic heterocycles. The van der Waals surface area contributed by atoms with E-state index in [2.05, 4.69) is 15.0 Å². The van der Waals surface area contributed by atoms with E-state index < -0.39 is 10.0 Å². The highest BCUT2D eigenvalue weighted by Crippen LogP contribution is 2.22. The molecule has 0 aliphatic carbocycles. The second-order valence-electron chi connectivity index (χ2n) is 5.12. The summed E-state index contributed by atoms with van der Waals surface area (Å²) in [5.41, 5.74) is 2.29. The summed E-state index contributed by atoms with van der Waals surface area (Å²) in [4.78, 5) is 12.3. The third-order valence-electron chi connectivity index (χ3n) is 3.15. The average molecular weight is 346 g/mol. The maximum atomic E-state index is 11.8. The number of sulfonamides is 1. The molecule has 2 aromatic rings. The van der Waals surface area contributed by atoms with Gasteiger partial charge in [-0.05, 0) is 48.5 Å². The van der Waals surface area contributed by atoms with Gasteiger partial charge in [0.25, 0.3) is 0 Å². The summed E-state index contributed by atoms with van der Waals surface area (Å²) in [5, 5.41) is 8.19. The van der Waals surface area contributed by atoms with Gasteiger partial charge in [-0.25, -0.2) is 13.1 Å². The fourth-order valence-electron chi connectivity index (χ4n) is 1.85. The Bertz CT molecular complexity index is 813. The van der Waals surface area contributed by atoms with Gasteiger partial charge >= 0.3 is 0 Å². The molecule has 7 nitrogen and oxygen atoms in total. The van der Waals surface area contributed by atoms with Crippen LogP contribution in [-0.4, -0.2) is 35.3 Å². The first kappa shape index (κ1) is 17.8. The van der Waals surface area contributed by atoms with Crippen LogP contribution in [0.5, 0.6) is 0 Å². The minimum absolute atomic E-state index is 0.0682. The maximum absolute atomic E-state index is 11.8. The highest BCUT2D eigenvalue weighted by molar-refractivity contribution is 7.89. The standard InChI is InChI=1S/C16H18N4O3S/c1-20(2)15-7-3-13(4-8-15)18-19-14-5-9-16(10-6-14)24(22,23)17-11-12-21/h3-10,12,17H,11H2,1-2H3. The lowest BCUT2D eigenvalue weighted by Gasteiger charge is -2.11. The zero-order chi connectivity index (χ0) is 17.6. The summed E-state index contributed by atoms with van der Waals surface area (Å²) in [7, 11) is 0.231. The number of anilines is 1. The summed E-state index contributed by atoms with van der Waals surface area (Å²) in [6.07, 6.45) is 0.488. The molecule has 2 aromatic carbocycles.